The van der Waals surface area contributed by atoms with Crippen LogP contribution < -0.4 is 10.7 Å². The lowest BCUT2D eigenvalue weighted by Crippen LogP contribution is -2.21. The van der Waals surface area contributed by atoms with Gasteiger partial charge < -0.3 is 10.3 Å². The second-order valence-corrected chi connectivity index (χ2v) is 7.54. The van der Waals surface area contributed by atoms with E-state index in [1.165, 1.54) is 35.7 Å². The second kappa shape index (κ2) is 7.01. The van der Waals surface area contributed by atoms with Gasteiger partial charge in [0, 0.05) is 35.3 Å². The summed E-state index contributed by atoms with van der Waals surface area (Å²) >= 11 is 1.48. The predicted molar refractivity (Wildman–Crippen MR) is 110 cm³/mol. The molecule has 0 fully saturated rings. The predicted octanol–water partition coefficient (Wildman–Crippen LogP) is 4.66. The highest BCUT2D eigenvalue weighted by Crippen LogP contribution is 2.32. The van der Waals surface area contributed by atoms with Crippen molar-refractivity contribution in [2.75, 3.05) is 5.32 Å². The van der Waals surface area contributed by atoms with Gasteiger partial charge in [0.05, 0.1) is 10.2 Å². The molecule has 1 amide bonds. The smallest absolute Gasteiger partial charge is 0.261 e. The molecule has 0 unspecified atom stereocenters. The number of amides is 1. The lowest BCUT2D eigenvalue weighted by Gasteiger charge is -2.09. The Kier molecular flexibility index (Phi) is 4.52. The van der Waals surface area contributed by atoms with Crippen molar-refractivity contribution in [3.8, 4) is 10.6 Å². The number of rotatable bonds is 3. The Morgan fingerprint density at radius 3 is 2.71 bits per heavy atom. The number of carbonyl (C=O) groups excluding carboxylic acids is 1. The lowest BCUT2D eigenvalue weighted by molar-refractivity contribution is 0.102. The maximum Gasteiger partial charge on any atom is 0.261 e. The first kappa shape index (κ1) is 18.1. The van der Waals surface area contributed by atoms with Gasteiger partial charge >= 0.3 is 0 Å². The van der Waals surface area contributed by atoms with Gasteiger partial charge in [-0.2, -0.15) is 0 Å². The van der Waals surface area contributed by atoms with Crippen molar-refractivity contribution in [3.63, 3.8) is 0 Å². The molecular weight excluding hydrogens is 377 g/mol. The summed E-state index contributed by atoms with van der Waals surface area (Å²) in [5, 5.41) is 3.55. The van der Waals surface area contributed by atoms with Gasteiger partial charge in [-0.1, -0.05) is 0 Å². The molecule has 0 bridgehead atoms. The zero-order chi connectivity index (χ0) is 19.8. The Balaban J connectivity index is 1.62. The van der Waals surface area contributed by atoms with E-state index >= 15 is 0 Å². The quantitative estimate of drug-likeness (QED) is 0.532. The van der Waals surface area contributed by atoms with Crippen molar-refractivity contribution in [3.05, 3.63) is 81.5 Å². The first-order valence-electron chi connectivity index (χ1n) is 8.58. The van der Waals surface area contributed by atoms with Crippen molar-refractivity contribution in [1.82, 2.24) is 9.97 Å². The summed E-state index contributed by atoms with van der Waals surface area (Å²) in [5.41, 5.74) is 3.37. The Hall–Kier alpha value is -3.32. The number of benzene rings is 2. The van der Waals surface area contributed by atoms with E-state index in [2.05, 4.69) is 15.3 Å². The number of hydrogen-bond acceptors (Lipinski definition) is 4. The molecule has 0 saturated heterocycles. The average molecular weight is 393 g/mol. The molecule has 4 aromatic rings. The van der Waals surface area contributed by atoms with Crippen LogP contribution in [0.25, 0.3) is 20.8 Å². The Bertz CT molecular complexity index is 1280. The third-order valence-corrected chi connectivity index (χ3v) is 5.46. The zero-order valence-electron chi connectivity index (χ0n) is 15.2. The van der Waals surface area contributed by atoms with Crippen molar-refractivity contribution in [2.24, 2.45) is 0 Å². The number of pyridine rings is 1. The number of H-pyrrole nitrogens is 1. The van der Waals surface area contributed by atoms with Crippen LogP contribution in [0, 0.1) is 19.7 Å². The van der Waals surface area contributed by atoms with Gasteiger partial charge in [-0.05, 0) is 49.7 Å². The van der Waals surface area contributed by atoms with Gasteiger partial charge in [0.15, 0.2) is 5.43 Å². The summed E-state index contributed by atoms with van der Waals surface area (Å²) in [4.78, 5) is 31.8. The number of hydrogen-bond donors (Lipinski definition) is 2. The highest BCUT2D eigenvalue weighted by atomic mass is 32.1. The molecule has 0 aliphatic rings. The Labute approximate surface area is 163 Å². The third kappa shape index (κ3) is 3.44. The number of aromatic amines is 1. The number of nitrogens with zero attached hydrogens (tertiary/aromatic N) is 1. The lowest BCUT2D eigenvalue weighted by atomic mass is 10.1. The summed E-state index contributed by atoms with van der Waals surface area (Å²) in [6.07, 6.45) is 1.41. The normalized spacial score (nSPS) is 11.0. The van der Waals surface area contributed by atoms with Gasteiger partial charge in [0.2, 0.25) is 0 Å². The van der Waals surface area contributed by atoms with Crippen molar-refractivity contribution >= 4 is 33.1 Å². The topological polar surface area (TPSA) is 74.8 Å². The molecule has 5 nitrogen and oxygen atoms in total. The highest BCUT2D eigenvalue weighted by molar-refractivity contribution is 7.21. The van der Waals surface area contributed by atoms with Crippen LogP contribution in [0.1, 0.15) is 21.6 Å². The molecule has 0 aliphatic carbocycles. The first-order chi connectivity index (χ1) is 13.4. The van der Waals surface area contributed by atoms with Crippen LogP contribution in [0.4, 0.5) is 10.1 Å². The number of halogens is 1. The first-order valence-corrected chi connectivity index (χ1v) is 9.40. The van der Waals surface area contributed by atoms with Crippen LogP contribution >= 0.6 is 11.3 Å². The number of aryl methyl sites for hydroxylation is 2. The minimum atomic E-state index is -0.465. The van der Waals surface area contributed by atoms with Crippen LogP contribution in [0.3, 0.4) is 0 Å². The number of fused-ring (bicyclic) bond motifs is 1. The molecule has 2 aromatic carbocycles. The Morgan fingerprint density at radius 1 is 1.14 bits per heavy atom. The number of aromatic nitrogens is 2. The second-order valence-electron chi connectivity index (χ2n) is 6.51. The molecule has 140 valence electrons. The van der Waals surface area contributed by atoms with Crippen molar-refractivity contribution < 1.29 is 9.18 Å². The van der Waals surface area contributed by atoms with Gasteiger partial charge in [-0.25, -0.2) is 9.37 Å². The van der Waals surface area contributed by atoms with Gasteiger partial charge in [-0.15, -0.1) is 11.3 Å². The van der Waals surface area contributed by atoms with Crippen LogP contribution in [0.2, 0.25) is 0 Å². The minimum Gasteiger partial charge on any atom is -0.364 e. The molecule has 2 N–H and O–H groups in total. The van der Waals surface area contributed by atoms with Crippen LogP contribution in [-0.4, -0.2) is 15.9 Å². The van der Waals surface area contributed by atoms with Crippen LogP contribution in [-0.2, 0) is 0 Å². The molecule has 28 heavy (non-hydrogen) atoms. The number of thiazole rings is 1. The van der Waals surface area contributed by atoms with E-state index in [4.69, 9.17) is 0 Å². The highest BCUT2D eigenvalue weighted by Gasteiger charge is 2.13. The fraction of sp³-hybridized carbons (Fsp3) is 0.0952. The summed E-state index contributed by atoms with van der Waals surface area (Å²) in [7, 11) is 0. The van der Waals surface area contributed by atoms with E-state index in [-0.39, 0.29) is 16.8 Å². The molecule has 2 aromatic heterocycles. The molecule has 0 radical (unpaired) electrons. The van der Waals surface area contributed by atoms with E-state index in [0.717, 1.165) is 20.8 Å². The summed E-state index contributed by atoms with van der Waals surface area (Å²) in [5.74, 6) is -0.780. The third-order valence-electron chi connectivity index (χ3n) is 4.37. The number of nitrogens with one attached hydrogen (secondary N) is 2. The van der Waals surface area contributed by atoms with E-state index in [0.29, 0.717) is 16.9 Å². The number of carbonyl (C=O) groups is 1. The van der Waals surface area contributed by atoms with E-state index in [1.54, 1.807) is 19.1 Å². The molecule has 0 aliphatic heterocycles. The largest absolute Gasteiger partial charge is 0.364 e. The molecule has 0 spiro atoms. The van der Waals surface area contributed by atoms with E-state index in [9.17, 15) is 14.0 Å². The molecule has 2 heterocycles. The maximum atomic E-state index is 13.4. The summed E-state index contributed by atoms with van der Waals surface area (Å²) < 4.78 is 14.3. The molecule has 0 atom stereocenters. The molecule has 0 saturated carbocycles. The van der Waals surface area contributed by atoms with Gasteiger partial charge in [0.1, 0.15) is 16.4 Å². The fourth-order valence-electron chi connectivity index (χ4n) is 2.90. The minimum absolute atomic E-state index is 0.0577. The SMILES string of the molecule is Cc1cc(=O)c(C(=O)Nc2ccc(-c3nc4cc(F)ccc4s3)cc2C)c[nH]1. The van der Waals surface area contributed by atoms with Gasteiger partial charge in [-0.3, -0.25) is 9.59 Å². The summed E-state index contributed by atoms with van der Waals surface area (Å²) in [6, 6.07) is 11.5. The Morgan fingerprint density at radius 2 is 1.96 bits per heavy atom. The maximum absolute atomic E-state index is 13.4. The monoisotopic (exact) mass is 393 g/mol. The molecule has 4 rings (SSSR count). The number of anilines is 1. The average Bonchev–Trinajstić information content (AvgIpc) is 3.06. The standard InChI is InChI=1S/C21H16FN3O2S/c1-11-7-13(21-25-17-9-14(22)4-6-19(17)28-21)3-5-16(11)24-20(27)15-10-23-12(2)8-18(15)26/h3-10H,1-2H3,(H,23,26)(H,24,27). The zero-order valence-corrected chi connectivity index (χ0v) is 16.0. The van der Waals surface area contributed by atoms with Gasteiger partial charge in [0.25, 0.3) is 5.91 Å². The summed E-state index contributed by atoms with van der Waals surface area (Å²) in [6.45, 7) is 3.62. The molecule has 7 heteroatoms. The van der Waals surface area contributed by atoms with Crippen LogP contribution in [0.15, 0.2) is 53.5 Å². The van der Waals surface area contributed by atoms with Crippen molar-refractivity contribution in [2.45, 2.75) is 13.8 Å². The fourth-order valence-corrected chi connectivity index (χ4v) is 3.84. The van der Waals surface area contributed by atoms with Crippen LogP contribution in [0.5, 0.6) is 0 Å². The van der Waals surface area contributed by atoms with E-state index < -0.39 is 5.91 Å². The van der Waals surface area contributed by atoms with Crippen molar-refractivity contribution in [1.29, 1.82) is 0 Å². The van der Waals surface area contributed by atoms with E-state index in [1.807, 2.05) is 19.1 Å². The molecular formula is C21H16FN3O2S.